The Morgan fingerprint density at radius 1 is 1.25 bits per heavy atom. The minimum Gasteiger partial charge on any atom is -0.497 e. The molecule has 2 rings (SSSR count). The number of nitrogens with one attached hydrogen (secondary N) is 1. The van der Waals surface area contributed by atoms with Crippen molar-refractivity contribution in [2.24, 2.45) is 5.10 Å². The smallest absolute Gasteiger partial charge is 0.348 e. The third kappa shape index (κ3) is 4.29. The number of benzene rings is 1. The Morgan fingerprint density at radius 3 is 2.71 bits per heavy atom. The molecular weight excluding hydrogens is 334 g/mol. The SMILES string of the molecule is COC(=O)c1cc(=O)nc(NN=Cc2cc(OC)ccc2OC)s1. The molecule has 1 N–H and O–H groups in total. The number of carbonyl (C=O) groups is 1. The van der Waals surface area contributed by atoms with Crippen LogP contribution in [0.1, 0.15) is 15.2 Å². The van der Waals surface area contributed by atoms with Gasteiger partial charge in [-0.05, 0) is 18.2 Å². The molecule has 0 aliphatic carbocycles. The second kappa shape index (κ2) is 8.06. The monoisotopic (exact) mass is 349 g/mol. The van der Waals surface area contributed by atoms with Crippen LogP contribution in [0.3, 0.4) is 0 Å². The highest BCUT2D eigenvalue weighted by atomic mass is 32.1. The topological polar surface area (TPSA) is 99.1 Å². The largest absolute Gasteiger partial charge is 0.497 e. The summed E-state index contributed by atoms with van der Waals surface area (Å²) in [6.45, 7) is 0. The molecule has 1 aromatic carbocycles. The zero-order chi connectivity index (χ0) is 17.5. The zero-order valence-electron chi connectivity index (χ0n) is 13.2. The summed E-state index contributed by atoms with van der Waals surface area (Å²) in [6.07, 6.45) is 1.49. The molecule has 24 heavy (non-hydrogen) atoms. The third-order valence-electron chi connectivity index (χ3n) is 2.86. The van der Waals surface area contributed by atoms with Crippen molar-refractivity contribution in [2.45, 2.75) is 0 Å². The Labute approximate surface area is 141 Å². The lowest BCUT2D eigenvalue weighted by Gasteiger charge is -2.06. The van der Waals surface area contributed by atoms with Gasteiger partial charge in [0.25, 0.3) is 5.56 Å². The fourth-order valence-corrected chi connectivity index (χ4v) is 2.52. The molecule has 8 nitrogen and oxygen atoms in total. The molecule has 0 aliphatic rings. The molecule has 0 saturated heterocycles. The number of ether oxygens (including phenoxy) is 3. The average molecular weight is 349 g/mol. The Morgan fingerprint density at radius 2 is 2.04 bits per heavy atom. The first kappa shape index (κ1) is 17.4. The van der Waals surface area contributed by atoms with E-state index >= 15 is 0 Å². The first-order valence-electron chi connectivity index (χ1n) is 6.69. The summed E-state index contributed by atoms with van der Waals surface area (Å²) in [7, 11) is 4.33. The number of nitrogens with zero attached hydrogens (tertiary/aromatic N) is 2. The Bertz CT molecular complexity index is 819. The van der Waals surface area contributed by atoms with Crippen molar-refractivity contribution in [1.82, 2.24) is 4.98 Å². The summed E-state index contributed by atoms with van der Waals surface area (Å²) >= 11 is 0.956. The van der Waals surface area contributed by atoms with Crippen LogP contribution >= 0.6 is 11.3 Å². The predicted octanol–water partition coefficient (Wildman–Crippen LogP) is 1.75. The van der Waals surface area contributed by atoms with Gasteiger partial charge in [0.1, 0.15) is 16.4 Å². The van der Waals surface area contributed by atoms with Gasteiger partial charge < -0.3 is 14.2 Å². The highest BCUT2D eigenvalue weighted by Crippen LogP contribution is 2.22. The minimum atomic E-state index is -0.610. The van der Waals surface area contributed by atoms with E-state index in [4.69, 9.17) is 9.47 Å². The van der Waals surface area contributed by atoms with Crippen LogP contribution in [0.15, 0.2) is 34.2 Å². The Kier molecular flexibility index (Phi) is 5.85. The summed E-state index contributed by atoms with van der Waals surface area (Å²) in [6, 6.07) is 6.35. The lowest BCUT2D eigenvalue weighted by Crippen LogP contribution is -2.10. The first-order chi connectivity index (χ1) is 11.6. The maximum atomic E-state index is 11.5. The van der Waals surface area contributed by atoms with Gasteiger partial charge in [-0.3, -0.25) is 10.2 Å². The summed E-state index contributed by atoms with van der Waals surface area (Å²) in [4.78, 5) is 26.9. The summed E-state index contributed by atoms with van der Waals surface area (Å²) < 4.78 is 15.0. The predicted molar refractivity (Wildman–Crippen MR) is 90.5 cm³/mol. The van der Waals surface area contributed by atoms with Crippen LogP contribution < -0.4 is 20.5 Å². The fraction of sp³-hybridized carbons (Fsp3) is 0.200. The molecule has 1 aromatic heterocycles. The van der Waals surface area contributed by atoms with E-state index < -0.39 is 11.5 Å². The van der Waals surface area contributed by atoms with E-state index in [2.05, 4.69) is 20.2 Å². The number of rotatable bonds is 6. The normalized spacial score (nSPS) is 10.5. The molecule has 0 amide bonds. The van der Waals surface area contributed by atoms with E-state index in [1.165, 1.54) is 13.3 Å². The second-order valence-electron chi connectivity index (χ2n) is 4.34. The van der Waals surface area contributed by atoms with Crippen LogP contribution in [0.4, 0.5) is 5.13 Å². The van der Waals surface area contributed by atoms with E-state index in [1.807, 2.05) is 0 Å². The van der Waals surface area contributed by atoms with Gasteiger partial charge in [0.15, 0.2) is 0 Å². The molecule has 0 unspecified atom stereocenters. The number of methoxy groups -OCH3 is 3. The van der Waals surface area contributed by atoms with E-state index in [0.29, 0.717) is 17.1 Å². The van der Waals surface area contributed by atoms with Crippen molar-refractivity contribution in [3.8, 4) is 11.5 Å². The summed E-state index contributed by atoms with van der Waals surface area (Å²) in [5.41, 5.74) is 2.72. The van der Waals surface area contributed by atoms with Gasteiger partial charge in [-0.1, -0.05) is 11.3 Å². The standard InChI is InChI=1S/C15H15N3O5S/c1-21-10-4-5-11(22-2)9(6-10)8-16-18-15-17-13(19)7-12(24-15)14(20)23-3/h4-8H,1-3H3,(H,17,18,19). The van der Waals surface area contributed by atoms with Gasteiger partial charge in [-0.15, -0.1) is 0 Å². The number of carbonyl (C=O) groups excluding carboxylic acids is 1. The molecule has 2 aromatic rings. The fourth-order valence-electron chi connectivity index (χ4n) is 1.75. The molecule has 0 atom stereocenters. The number of hydrazone groups is 1. The van der Waals surface area contributed by atoms with Crippen LogP contribution in [-0.2, 0) is 4.74 Å². The van der Waals surface area contributed by atoms with Crippen LogP contribution in [0, 0.1) is 0 Å². The first-order valence-corrected chi connectivity index (χ1v) is 7.50. The van der Waals surface area contributed by atoms with Crippen molar-refractivity contribution < 1.29 is 19.0 Å². The number of hydrogen-bond donors (Lipinski definition) is 1. The molecule has 0 fully saturated rings. The van der Waals surface area contributed by atoms with Crippen LogP contribution in [0.2, 0.25) is 0 Å². The number of hydrogen-bond acceptors (Lipinski definition) is 9. The molecule has 0 aliphatic heterocycles. The third-order valence-corrected chi connectivity index (χ3v) is 3.74. The van der Waals surface area contributed by atoms with Gasteiger partial charge in [0.2, 0.25) is 5.13 Å². The van der Waals surface area contributed by atoms with Gasteiger partial charge in [0.05, 0.1) is 27.5 Å². The van der Waals surface area contributed by atoms with E-state index in [1.54, 1.807) is 32.4 Å². The molecule has 126 valence electrons. The van der Waals surface area contributed by atoms with Gasteiger partial charge in [-0.2, -0.15) is 10.1 Å². The van der Waals surface area contributed by atoms with Crippen molar-refractivity contribution in [1.29, 1.82) is 0 Å². The van der Waals surface area contributed by atoms with Crippen LogP contribution in [0.25, 0.3) is 0 Å². The maximum Gasteiger partial charge on any atom is 0.348 e. The number of aromatic nitrogens is 1. The summed E-state index contributed by atoms with van der Waals surface area (Å²) in [5.74, 6) is 0.638. The maximum absolute atomic E-state index is 11.5. The second-order valence-corrected chi connectivity index (χ2v) is 5.37. The lowest BCUT2D eigenvalue weighted by atomic mass is 10.2. The Balaban J connectivity index is 2.22. The van der Waals surface area contributed by atoms with Crippen molar-refractivity contribution in [3.63, 3.8) is 0 Å². The minimum absolute atomic E-state index is 0.133. The van der Waals surface area contributed by atoms with Crippen molar-refractivity contribution >= 4 is 28.7 Å². The molecule has 0 saturated carbocycles. The molecule has 1 heterocycles. The molecule has 0 spiro atoms. The molecular formula is C15H15N3O5S. The highest BCUT2D eigenvalue weighted by molar-refractivity contribution is 7.17. The number of anilines is 1. The lowest BCUT2D eigenvalue weighted by molar-refractivity contribution is 0.0606. The summed E-state index contributed by atoms with van der Waals surface area (Å²) in [5, 5.41) is 4.18. The van der Waals surface area contributed by atoms with Crippen molar-refractivity contribution in [3.05, 3.63) is 45.1 Å². The number of esters is 1. The highest BCUT2D eigenvalue weighted by Gasteiger charge is 2.10. The van der Waals surface area contributed by atoms with Gasteiger partial charge in [-0.25, -0.2) is 4.79 Å². The van der Waals surface area contributed by atoms with E-state index in [9.17, 15) is 9.59 Å². The molecule has 9 heteroatoms. The Hall–Kier alpha value is -2.94. The quantitative estimate of drug-likeness (QED) is 0.482. The molecule has 0 radical (unpaired) electrons. The average Bonchev–Trinajstić information content (AvgIpc) is 2.60. The van der Waals surface area contributed by atoms with E-state index in [0.717, 1.165) is 17.4 Å². The van der Waals surface area contributed by atoms with Crippen LogP contribution in [-0.4, -0.2) is 38.5 Å². The van der Waals surface area contributed by atoms with Crippen molar-refractivity contribution in [2.75, 3.05) is 26.8 Å². The van der Waals surface area contributed by atoms with E-state index in [-0.39, 0.29) is 10.0 Å². The zero-order valence-corrected chi connectivity index (χ0v) is 14.0. The van der Waals surface area contributed by atoms with Gasteiger partial charge in [0, 0.05) is 11.6 Å². The molecule has 0 bridgehead atoms. The van der Waals surface area contributed by atoms with Crippen LogP contribution in [0.5, 0.6) is 11.5 Å². The van der Waals surface area contributed by atoms with Gasteiger partial charge >= 0.3 is 5.97 Å².